The Morgan fingerprint density at radius 2 is 1.86 bits per heavy atom. The zero-order valence-electron chi connectivity index (χ0n) is 16.5. The number of amides is 1. The molecule has 1 aliphatic carbocycles. The zero-order chi connectivity index (χ0) is 19.1. The maximum Gasteiger partial charge on any atom is 0.224 e. The summed E-state index contributed by atoms with van der Waals surface area (Å²) in [6, 6.07) is 9.81. The van der Waals surface area contributed by atoms with Crippen LogP contribution in [-0.4, -0.2) is 67.6 Å². The lowest BCUT2D eigenvalue weighted by atomic mass is 9.94. The van der Waals surface area contributed by atoms with Gasteiger partial charge in [-0.1, -0.05) is 24.3 Å². The average Bonchev–Trinajstić information content (AvgIpc) is 3.21. The summed E-state index contributed by atoms with van der Waals surface area (Å²) in [6.45, 7) is 5.49. The molecule has 0 unspecified atom stereocenters. The lowest BCUT2D eigenvalue weighted by molar-refractivity contribution is -0.135. The molecule has 2 atom stereocenters. The largest absolute Gasteiger partial charge is 0.338 e. The van der Waals surface area contributed by atoms with E-state index >= 15 is 0 Å². The summed E-state index contributed by atoms with van der Waals surface area (Å²) >= 11 is 0. The minimum Gasteiger partial charge on any atom is -0.338 e. The third-order valence-corrected chi connectivity index (χ3v) is 6.86. The first kappa shape index (κ1) is 17.8. The molecule has 7 nitrogen and oxygen atoms in total. The van der Waals surface area contributed by atoms with Crippen molar-refractivity contribution in [3.63, 3.8) is 0 Å². The number of nitrogens with zero attached hydrogens (tertiary/aromatic N) is 6. The normalized spacial score (nSPS) is 25.1. The van der Waals surface area contributed by atoms with Gasteiger partial charge in [-0.2, -0.15) is 0 Å². The minimum absolute atomic E-state index is 0.251. The average molecular weight is 380 g/mol. The first-order chi connectivity index (χ1) is 13.7. The molecule has 0 N–H and O–H groups in total. The van der Waals surface area contributed by atoms with Gasteiger partial charge in [-0.15, -0.1) is 5.10 Å². The van der Waals surface area contributed by atoms with Crippen LogP contribution >= 0.6 is 0 Å². The molecule has 0 radical (unpaired) electrons. The maximum atomic E-state index is 13.0. The Hall–Kier alpha value is -2.28. The van der Waals surface area contributed by atoms with Gasteiger partial charge in [0.2, 0.25) is 5.91 Å². The van der Waals surface area contributed by atoms with Crippen molar-refractivity contribution in [1.82, 2.24) is 30.0 Å². The third-order valence-electron chi connectivity index (χ3n) is 6.86. The summed E-state index contributed by atoms with van der Waals surface area (Å²) in [4.78, 5) is 17.8. The monoisotopic (exact) mass is 380 g/mol. The van der Waals surface area contributed by atoms with Gasteiger partial charge in [0.1, 0.15) is 5.82 Å². The van der Waals surface area contributed by atoms with Crippen molar-refractivity contribution in [1.29, 1.82) is 0 Å². The number of carbonyl (C=O) groups excluding carboxylic acids is 1. The second kappa shape index (κ2) is 7.28. The number of hydrogen-bond acceptors (Lipinski definition) is 5. The lowest BCUT2D eigenvalue weighted by Crippen LogP contribution is -2.48. The van der Waals surface area contributed by atoms with Gasteiger partial charge in [0.15, 0.2) is 0 Å². The van der Waals surface area contributed by atoms with E-state index in [9.17, 15) is 4.79 Å². The fourth-order valence-corrected chi connectivity index (χ4v) is 5.32. The van der Waals surface area contributed by atoms with Gasteiger partial charge in [-0.3, -0.25) is 9.69 Å². The molecule has 1 aromatic heterocycles. The Morgan fingerprint density at radius 1 is 1.07 bits per heavy atom. The molecular weight excluding hydrogens is 352 g/mol. The summed E-state index contributed by atoms with van der Waals surface area (Å²) in [5.41, 5.74) is 3.02. The predicted octanol–water partition coefficient (Wildman–Crippen LogP) is 1.46. The van der Waals surface area contributed by atoms with E-state index in [-0.39, 0.29) is 5.91 Å². The number of fused-ring (bicyclic) bond motifs is 5. The van der Waals surface area contributed by atoms with Crippen molar-refractivity contribution in [2.45, 2.75) is 57.7 Å². The topological polar surface area (TPSA) is 67.2 Å². The standard InChI is InChI=1S/C21H28N6O/c1-15-22-23-24-27(15)9-8-21(28)26-13-16-6-7-19(26)14-25(12-16)20-10-17-4-2-3-5-18(17)11-20/h2-5,16,19-20H,6-14H2,1H3/t16-,19+/m0/s1. The molecule has 6 rings (SSSR count). The van der Waals surface area contributed by atoms with Crippen LogP contribution in [0.5, 0.6) is 0 Å². The van der Waals surface area contributed by atoms with E-state index in [2.05, 4.69) is 49.6 Å². The summed E-state index contributed by atoms with van der Waals surface area (Å²) in [6.07, 6.45) is 5.17. The highest BCUT2D eigenvalue weighted by Crippen LogP contribution is 2.33. The van der Waals surface area contributed by atoms with Crippen LogP contribution in [0.25, 0.3) is 0 Å². The first-order valence-electron chi connectivity index (χ1n) is 10.5. The Balaban J connectivity index is 1.24. The lowest BCUT2D eigenvalue weighted by Gasteiger charge is -2.36. The van der Waals surface area contributed by atoms with Crippen LogP contribution in [0.2, 0.25) is 0 Å². The molecular formula is C21H28N6O. The van der Waals surface area contributed by atoms with Gasteiger partial charge in [0, 0.05) is 38.1 Å². The van der Waals surface area contributed by atoms with Crippen LogP contribution in [0.4, 0.5) is 0 Å². The molecule has 3 fully saturated rings. The van der Waals surface area contributed by atoms with Crippen LogP contribution in [-0.2, 0) is 24.2 Å². The van der Waals surface area contributed by atoms with Gasteiger partial charge in [-0.25, -0.2) is 4.68 Å². The summed E-state index contributed by atoms with van der Waals surface area (Å²) in [5.74, 6) is 1.61. The van der Waals surface area contributed by atoms with Crippen LogP contribution in [0.1, 0.15) is 36.2 Å². The Morgan fingerprint density at radius 3 is 2.57 bits per heavy atom. The van der Waals surface area contributed by atoms with Crippen molar-refractivity contribution in [3.8, 4) is 0 Å². The van der Waals surface area contributed by atoms with E-state index in [0.29, 0.717) is 31.0 Å². The minimum atomic E-state index is 0.251. The highest BCUT2D eigenvalue weighted by Gasteiger charge is 2.40. The van der Waals surface area contributed by atoms with Crippen molar-refractivity contribution < 1.29 is 4.79 Å². The molecule has 1 aromatic carbocycles. The zero-order valence-corrected chi connectivity index (χ0v) is 16.5. The Labute approximate surface area is 165 Å². The Kier molecular flexibility index (Phi) is 4.62. The summed E-state index contributed by atoms with van der Waals surface area (Å²) in [5, 5.41) is 11.5. The third kappa shape index (κ3) is 3.32. The van der Waals surface area contributed by atoms with E-state index in [0.717, 1.165) is 44.7 Å². The molecule has 28 heavy (non-hydrogen) atoms. The molecule has 0 spiro atoms. The molecule has 4 heterocycles. The van der Waals surface area contributed by atoms with Gasteiger partial charge in [-0.05, 0) is 60.1 Å². The van der Waals surface area contributed by atoms with Gasteiger partial charge < -0.3 is 4.90 Å². The van der Waals surface area contributed by atoms with Crippen LogP contribution in [0.3, 0.4) is 0 Å². The predicted molar refractivity (Wildman–Crippen MR) is 105 cm³/mol. The molecule has 2 aromatic rings. The highest BCUT2D eigenvalue weighted by molar-refractivity contribution is 5.76. The molecule has 0 saturated carbocycles. The van der Waals surface area contributed by atoms with Crippen LogP contribution in [0, 0.1) is 12.8 Å². The molecule has 3 aliphatic heterocycles. The molecule has 3 saturated heterocycles. The van der Waals surface area contributed by atoms with Gasteiger partial charge >= 0.3 is 0 Å². The van der Waals surface area contributed by atoms with Crippen LogP contribution in [0.15, 0.2) is 24.3 Å². The number of piperidine rings is 1. The van der Waals surface area contributed by atoms with Crippen LogP contribution < -0.4 is 0 Å². The first-order valence-corrected chi connectivity index (χ1v) is 10.5. The number of benzene rings is 1. The smallest absolute Gasteiger partial charge is 0.224 e. The van der Waals surface area contributed by atoms with E-state index in [1.807, 2.05) is 6.92 Å². The maximum absolute atomic E-state index is 13.0. The number of hydrogen-bond donors (Lipinski definition) is 0. The second-order valence-corrected chi connectivity index (χ2v) is 8.63. The number of carbonyl (C=O) groups is 1. The van der Waals surface area contributed by atoms with E-state index in [1.54, 1.807) is 4.68 Å². The van der Waals surface area contributed by atoms with E-state index in [1.165, 1.54) is 17.5 Å². The quantitative estimate of drug-likeness (QED) is 0.803. The number of aromatic nitrogens is 4. The highest BCUT2D eigenvalue weighted by atomic mass is 16.2. The Bertz CT molecular complexity index is 839. The fourth-order valence-electron chi connectivity index (χ4n) is 5.32. The number of tetrazole rings is 1. The van der Waals surface area contributed by atoms with Crippen molar-refractivity contribution in [2.24, 2.45) is 5.92 Å². The second-order valence-electron chi connectivity index (χ2n) is 8.63. The molecule has 2 bridgehead atoms. The fraction of sp³-hybridized carbons (Fsp3) is 0.619. The van der Waals surface area contributed by atoms with Gasteiger partial charge in [0.25, 0.3) is 0 Å². The number of aryl methyl sites for hydroxylation is 2. The van der Waals surface area contributed by atoms with E-state index in [4.69, 9.17) is 0 Å². The van der Waals surface area contributed by atoms with Gasteiger partial charge in [0.05, 0.1) is 6.54 Å². The van der Waals surface area contributed by atoms with Crippen molar-refractivity contribution >= 4 is 5.91 Å². The van der Waals surface area contributed by atoms with Crippen molar-refractivity contribution in [2.75, 3.05) is 19.6 Å². The molecule has 1 amide bonds. The molecule has 7 heteroatoms. The number of rotatable bonds is 4. The summed E-state index contributed by atoms with van der Waals surface area (Å²) < 4.78 is 1.72. The SMILES string of the molecule is Cc1nnnn1CCC(=O)N1C[C@H]2CC[C@@H]1CN(C1Cc3ccccc3C1)C2. The van der Waals surface area contributed by atoms with Crippen molar-refractivity contribution in [3.05, 3.63) is 41.2 Å². The van der Waals surface area contributed by atoms with E-state index < -0.39 is 0 Å². The molecule has 4 aliphatic rings. The molecule has 148 valence electrons. The summed E-state index contributed by atoms with van der Waals surface area (Å²) in [7, 11) is 0.